The maximum Gasteiger partial charge on any atom is 0.203 e. The van der Waals surface area contributed by atoms with Gasteiger partial charge < -0.3 is 4.57 Å². The van der Waals surface area contributed by atoms with E-state index in [0.717, 1.165) is 11.0 Å². The van der Waals surface area contributed by atoms with Gasteiger partial charge in [0.1, 0.15) is 0 Å². The first kappa shape index (κ1) is 6.61. The smallest absolute Gasteiger partial charge is 0.203 e. The van der Waals surface area contributed by atoms with E-state index in [1.807, 2.05) is 13.1 Å². The van der Waals surface area contributed by atoms with E-state index < -0.39 is 0 Å². The van der Waals surface area contributed by atoms with Gasteiger partial charge in [-0.05, 0) is 17.7 Å². The molecule has 3 nitrogen and oxygen atoms in total. The van der Waals surface area contributed by atoms with E-state index in [0.29, 0.717) is 5.28 Å². The number of halogens is 1. The van der Waals surface area contributed by atoms with Crippen LogP contribution in [0.4, 0.5) is 0 Å². The maximum absolute atomic E-state index is 5.78. The molecule has 2 aromatic heterocycles. The van der Waals surface area contributed by atoms with Gasteiger partial charge in [-0.25, -0.2) is 4.98 Å². The zero-order chi connectivity index (χ0) is 7.84. The van der Waals surface area contributed by atoms with Gasteiger partial charge in [-0.2, -0.15) is 0 Å². The van der Waals surface area contributed by atoms with Crippen LogP contribution >= 0.6 is 11.6 Å². The summed E-state index contributed by atoms with van der Waals surface area (Å²) in [4.78, 5) is 8.07. The van der Waals surface area contributed by atoms with E-state index in [9.17, 15) is 0 Å². The minimum absolute atomic E-state index is 0.494. The third-order valence-corrected chi connectivity index (χ3v) is 1.97. The van der Waals surface area contributed by atoms with E-state index >= 15 is 0 Å². The molecule has 0 spiro atoms. The molecule has 4 heteroatoms. The van der Waals surface area contributed by atoms with Crippen LogP contribution < -0.4 is 0 Å². The Labute approximate surface area is 68.6 Å². The molecule has 0 radical (unpaired) electrons. The summed E-state index contributed by atoms with van der Waals surface area (Å²) in [5.74, 6) is 0. The summed E-state index contributed by atoms with van der Waals surface area (Å²) in [6, 6.07) is 1.83. The van der Waals surface area contributed by atoms with Crippen molar-refractivity contribution < 1.29 is 0 Å². The molecule has 0 saturated carbocycles. The maximum atomic E-state index is 5.78. The van der Waals surface area contributed by atoms with Gasteiger partial charge in [0.05, 0.1) is 17.2 Å². The average Bonchev–Trinajstić information content (AvgIpc) is 2.30. The predicted octanol–water partition coefficient (Wildman–Crippen LogP) is 1.62. The molecule has 0 saturated heterocycles. The summed E-state index contributed by atoms with van der Waals surface area (Å²) in [6.07, 6.45) is 3.44. The highest BCUT2D eigenvalue weighted by Gasteiger charge is 2.02. The highest BCUT2D eigenvalue weighted by molar-refractivity contribution is 6.29. The number of hydrogen-bond donors (Lipinski definition) is 0. The second-order valence-corrected chi connectivity index (χ2v) is 2.64. The molecule has 0 unspecified atom stereocenters. The van der Waals surface area contributed by atoms with Crippen LogP contribution in [0.3, 0.4) is 0 Å². The van der Waals surface area contributed by atoms with Crippen molar-refractivity contribution >= 4 is 22.6 Å². The Bertz CT molecular complexity index is 393. The van der Waals surface area contributed by atoms with Gasteiger partial charge in [0.15, 0.2) is 0 Å². The third kappa shape index (κ3) is 0.886. The van der Waals surface area contributed by atoms with E-state index in [2.05, 4.69) is 9.97 Å². The van der Waals surface area contributed by atoms with Crippen LogP contribution in [0.1, 0.15) is 0 Å². The van der Waals surface area contributed by atoms with Crippen LogP contribution in [0.2, 0.25) is 5.28 Å². The molecule has 0 aliphatic rings. The number of aryl methyl sites for hydroxylation is 1. The highest BCUT2D eigenvalue weighted by Crippen LogP contribution is 2.15. The first-order chi connectivity index (χ1) is 5.29. The zero-order valence-corrected chi connectivity index (χ0v) is 6.71. The van der Waals surface area contributed by atoms with Crippen molar-refractivity contribution in [2.24, 2.45) is 7.05 Å². The van der Waals surface area contributed by atoms with Crippen LogP contribution in [-0.2, 0) is 7.05 Å². The van der Waals surface area contributed by atoms with E-state index in [1.165, 1.54) is 0 Å². The summed E-state index contributed by atoms with van der Waals surface area (Å²) in [6.45, 7) is 0. The van der Waals surface area contributed by atoms with Crippen molar-refractivity contribution in [2.75, 3.05) is 0 Å². The molecule has 2 aromatic rings. The van der Waals surface area contributed by atoms with Crippen LogP contribution in [0.25, 0.3) is 11.0 Å². The normalized spacial score (nSPS) is 10.7. The second-order valence-electron chi connectivity index (χ2n) is 2.30. The van der Waals surface area contributed by atoms with Crippen molar-refractivity contribution in [2.45, 2.75) is 0 Å². The molecule has 0 fully saturated rings. The SMILES string of the molecule is Cn1c(Cl)nc2ccncc21. The number of aromatic nitrogens is 3. The molecule has 0 N–H and O–H groups in total. The third-order valence-electron chi connectivity index (χ3n) is 1.63. The van der Waals surface area contributed by atoms with Crippen LogP contribution in [0, 0.1) is 0 Å². The standard InChI is InChI=1S/C7H6ClN3/c1-11-6-4-9-3-2-5(6)10-7(11)8/h2-4H,1H3. The van der Waals surface area contributed by atoms with E-state index in [1.54, 1.807) is 17.0 Å². The molecule has 2 rings (SSSR count). The summed E-state index contributed by atoms with van der Waals surface area (Å²) >= 11 is 5.78. The number of fused-ring (bicyclic) bond motifs is 1. The minimum Gasteiger partial charge on any atom is -0.317 e. The fourth-order valence-electron chi connectivity index (χ4n) is 1.01. The Kier molecular flexibility index (Phi) is 1.32. The molecule has 11 heavy (non-hydrogen) atoms. The van der Waals surface area contributed by atoms with Crippen LogP contribution in [0.15, 0.2) is 18.5 Å². The molecule has 0 aliphatic heterocycles. The fourth-order valence-corrected chi connectivity index (χ4v) is 1.19. The summed E-state index contributed by atoms with van der Waals surface area (Å²) in [5.41, 5.74) is 1.84. The first-order valence-corrected chi connectivity index (χ1v) is 3.59. The quantitative estimate of drug-likeness (QED) is 0.597. The monoisotopic (exact) mass is 167 g/mol. The number of rotatable bonds is 0. The second kappa shape index (κ2) is 2.20. The van der Waals surface area contributed by atoms with Gasteiger partial charge >= 0.3 is 0 Å². The topological polar surface area (TPSA) is 30.7 Å². The minimum atomic E-state index is 0.494. The Morgan fingerprint density at radius 3 is 3.09 bits per heavy atom. The molecule has 0 aliphatic carbocycles. The molecule has 0 amide bonds. The lowest BCUT2D eigenvalue weighted by molar-refractivity contribution is 0.946. The first-order valence-electron chi connectivity index (χ1n) is 3.21. The highest BCUT2D eigenvalue weighted by atomic mass is 35.5. The van der Waals surface area contributed by atoms with E-state index in [-0.39, 0.29) is 0 Å². The van der Waals surface area contributed by atoms with Gasteiger partial charge in [0.2, 0.25) is 5.28 Å². The van der Waals surface area contributed by atoms with Crippen molar-refractivity contribution in [3.63, 3.8) is 0 Å². The number of imidazole rings is 1. The molecule has 0 bridgehead atoms. The van der Waals surface area contributed by atoms with Crippen molar-refractivity contribution in [3.05, 3.63) is 23.7 Å². The van der Waals surface area contributed by atoms with Gasteiger partial charge in [0.25, 0.3) is 0 Å². The summed E-state index contributed by atoms with van der Waals surface area (Å²) in [7, 11) is 1.86. The lowest BCUT2D eigenvalue weighted by atomic mass is 10.4. The predicted molar refractivity (Wildman–Crippen MR) is 43.5 cm³/mol. The van der Waals surface area contributed by atoms with Crippen molar-refractivity contribution in [1.82, 2.24) is 14.5 Å². The average molecular weight is 168 g/mol. The Balaban J connectivity index is 2.92. The van der Waals surface area contributed by atoms with Crippen LogP contribution in [0.5, 0.6) is 0 Å². The lowest BCUT2D eigenvalue weighted by Gasteiger charge is -1.91. The number of pyridine rings is 1. The largest absolute Gasteiger partial charge is 0.317 e. The van der Waals surface area contributed by atoms with Crippen molar-refractivity contribution in [3.8, 4) is 0 Å². The van der Waals surface area contributed by atoms with Crippen molar-refractivity contribution in [1.29, 1.82) is 0 Å². The number of nitrogens with zero attached hydrogens (tertiary/aromatic N) is 3. The molecule has 0 atom stereocenters. The van der Waals surface area contributed by atoms with Crippen LogP contribution in [-0.4, -0.2) is 14.5 Å². The van der Waals surface area contributed by atoms with Gasteiger partial charge in [-0.15, -0.1) is 0 Å². The van der Waals surface area contributed by atoms with Gasteiger partial charge in [-0.3, -0.25) is 4.98 Å². The zero-order valence-electron chi connectivity index (χ0n) is 5.95. The fraction of sp³-hybridized carbons (Fsp3) is 0.143. The summed E-state index contributed by atoms with van der Waals surface area (Å²) < 4.78 is 1.80. The molecular weight excluding hydrogens is 162 g/mol. The van der Waals surface area contributed by atoms with Gasteiger partial charge in [0, 0.05) is 13.2 Å². The number of hydrogen-bond acceptors (Lipinski definition) is 2. The van der Waals surface area contributed by atoms with Gasteiger partial charge in [-0.1, -0.05) is 0 Å². The Hall–Kier alpha value is -1.09. The van der Waals surface area contributed by atoms with E-state index in [4.69, 9.17) is 11.6 Å². The molecular formula is C7H6ClN3. The Morgan fingerprint density at radius 1 is 1.55 bits per heavy atom. The molecule has 0 aromatic carbocycles. The molecule has 56 valence electrons. The summed E-state index contributed by atoms with van der Waals surface area (Å²) in [5, 5.41) is 0.494. The Morgan fingerprint density at radius 2 is 2.36 bits per heavy atom. The molecule has 2 heterocycles. The lowest BCUT2D eigenvalue weighted by Crippen LogP contribution is -1.86.